The zero-order chi connectivity index (χ0) is 12.3. The zero-order valence-corrected chi connectivity index (χ0v) is 9.51. The van der Waals surface area contributed by atoms with E-state index in [9.17, 15) is 9.59 Å². The number of amides is 1. The zero-order valence-electron chi connectivity index (χ0n) is 9.51. The lowest BCUT2D eigenvalue weighted by Gasteiger charge is -2.17. The number of hydrogen-bond acceptors (Lipinski definition) is 4. The predicted molar refractivity (Wildman–Crippen MR) is 59.9 cm³/mol. The first-order valence-electron chi connectivity index (χ1n) is 5.30. The van der Waals surface area contributed by atoms with E-state index in [1.807, 2.05) is 6.07 Å². The average molecular weight is 235 g/mol. The van der Waals surface area contributed by atoms with Crippen LogP contribution in [-0.4, -0.2) is 43.6 Å². The molecule has 1 aliphatic heterocycles. The van der Waals surface area contributed by atoms with Gasteiger partial charge in [-0.25, -0.2) is 0 Å². The van der Waals surface area contributed by atoms with E-state index in [0.717, 1.165) is 0 Å². The lowest BCUT2D eigenvalue weighted by Crippen LogP contribution is -2.37. The molecule has 0 bridgehead atoms. The van der Waals surface area contributed by atoms with Crippen LogP contribution in [0.3, 0.4) is 0 Å². The van der Waals surface area contributed by atoms with Crippen LogP contribution >= 0.6 is 0 Å². The van der Waals surface area contributed by atoms with Gasteiger partial charge in [-0.05, 0) is 12.1 Å². The summed E-state index contributed by atoms with van der Waals surface area (Å²) >= 11 is 0. The van der Waals surface area contributed by atoms with Crippen molar-refractivity contribution in [3.63, 3.8) is 0 Å². The molecule has 1 heterocycles. The monoisotopic (exact) mass is 235 g/mol. The van der Waals surface area contributed by atoms with Crippen molar-refractivity contribution in [2.24, 2.45) is 0 Å². The number of ether oxygens (including phenoxy) is 2. The molecular weight excluding hydrogens is 222 g/mol. The number of rotatable bonds is 2. The van der Waals surface area contributed by atoms with Gasteiger partial charge in [0.15, 0.2) is 0 Å². The molecule has 1 aromatic rings. The topological polar surface area (TPSA) is 55.8 Å². The fraction of sp³-hybridized carbons (Fsp3) is 0.333. The number of fused-ring (bicyclic) bond motifs is 1. The van der Waals surface area contributed by atoms with Crippen LogP contribution in [0.25, 0.3) is 0 Å². The molecule has 0 spiro atoms. The highest BCUT2D eigenvalue weighted by molar-refractivity contribution is 5.98. The maximum atomic E-state index is 12.1. The minimum Gasteiger partial charge on any atom is -0.491 e. The van der Waals surface area contributed by atoms with E-state index in [-0.39, 0.29) is 12.5 Å². The van der Waals surface area contributed by atoms with Crippen LogP contribution < -0.4 is 4.74 Å². The summed E-state index contributed by atoms with van der Waals surface area (Å²) in [5.74, 6) is -0.0777. The summed E-state index contributed by atoms with van der Waals surface area (Å²) < 4.78 is 10.0. The van der Waals surface area contributed by atoms with Crippen LogP contribution in [0.1, 0.15) is 10.4 Å². The quantitative estimate of drug-likeness (QED) is 0.708. The van der Waals surface area contributed by atoms with Gasteiger partial charge in [0.1, 0.15) is 18.9 Å². The van der Waals surface area contributed by atoms with Gasteiger partial charge in [0.25, 0.3) is 5.91 Å². The van der Waals surface area contributed by atoms with Gasteiger partial charge in [-0.15, -0.1) is 0 Å². The fourth-order valence-electron chi connectivity index (χ4n) is 1.68. The van der Waals surface area contributed by atoms with Crippen LogP contribution in [-0.2, 0) is 9.53 Å². The van der Waals surface area contributed by atoms with E-state index < -0.39 is 5.97 Å². The van der Waals surface area contributed by atoms with Crippen molar-refractivity contribution >= 4 is 11.9 Å². The minimum atomic E-state index is -0.433. The van der Waals surface area contributed by atoms with Gasteiger partial charge in [0.2, 0.25) is 0 Å². The Kier molecular flexibility index (Phi) is 3.27. The first kappa shape index (κ1) is 11.4. The molecule has 0 aliphatic carbocycles. The number of nitrogens with zero attached hydrogens (tertiary/aromatic N) is 1. The Morgan fingerprint density at radius 1 is 1.47 bits per heavy atom. The van der Waals surface area contributed by atoms with Crippen molar-refractivity contribution < 1.29 is 19.1 Å². The largest absolute Gasteiger partial charge is 0.491 e. The number of methoxy groups -OCH3 is 1. The van der Waals surface area contributed by atoms with Crippen LogP contribution in [0, 0.1) is 0 Å². The number of esters is 1. The highest BCUT2D eigenvalue weighted by atomic mass is 16.5. The second-order valence-corrected chi connectivity index (χ2v) is 3.65. The van der Waals surface area contributed by atoms with E-state index in [4.69, 9.17) is 4.74 Å². The van der Waals surface area contributed by atoms with Gasteiger partial charge in [-0.2, -0.15) is 0 Å². The van der Waals surface area contributed by atoms with Gasteiger partial charge < -0.3 is 14.4 Å². The van der Waals surface area contributed by atoms with E-state index >= 15 is 0 Å². The SMILES string of the molecule is COC(=O)CN1CCOc2ccccc2C1=O. The molecule has 0 N–H and O–H groups in total. The average Bonchev–Trinajstić information content (AvgIpc) is 2.51. The molecule has 0 atom stereocenters. The predicted octanol–water partition coefficient (Wildman–Crippen LogP) is 0.694. The molecule has 17 heavy (non-hydrogen) atoms. The third-order valence-electron chi connectivity index (χ3n) is 2.57. The van der Waals surface area contributed by atoms with Crippen molar-refractivity contribution in [3.8, 4) is 5.75 Å². The number of para-hydroxylation sites is 1. The smallest absolute Gasteiger partial charge is 0.325 e. The molecule has 5 heteroatoms. The highest BCUT2D eigenvalue weighted by Crippen LogP contribution is 2.22. The van der Waals surface area contributed by atoms with Crippen molar-refractivity contribution in [3.05, 3.63) is 29.8 Å². The molecular formula is C12H13NO4. The number of hydrogen-bond donors (Lipinski definition) is 0. The maximum Gasteiger partial charge on any atom is 0.325 e. The molecule has 2 rings (SSSR count). The molecule has 0 unspecified atom stereocenters. The summed E-state index contributed by atoms with van der Waals surface area (Å²) in [4.78, 5) is 24.7. The second-order valence-electron chi connectivity index (χ2n) is 3.65. The molecule has 1 aliphatic rings. The first-order chi connectivity index (χ1) is 8.22. The third-order valence-corrected chi connectivity index (χ3v) is 2.57. The fourth-order valence-corrected chi connectivity index (χ4v) is 1.68. The first-order valence-corrected chi connectivity index (χ1v) is 5.30. The van der Waals surface area contributed by atoms with Gasteiger partial charge in [0, 0.05) is 0 Å². The molecule has 90 valence electrons. The van der Waals surface area contributed by atoms with Crippen LogP contribution in [0.4, 0.5) is 0 Å². The summed E-state index contributed by atoms with van der Waals surface area (Å²) in [5, 5.41) is 0. The third kappa shape index (κ3) is 2.38. The lowest BCUT2D eigenvalue weighted by molar-refractivity contribution is -0.141. The van der Waals surface area contributed by atoms with Crippen molar-refractivity contribution in [2.45, 2.75) is 0 Å². The summed E-state index contributed by atoms with van der Waals surface area (Å²) in [6.07, 6.45) is 0. The lowest BCUT2D eigenvalue weighted by atomic mass is 10.2. The molecule has 5 nitrogen and oxygen atoms in total. The molecule has 1 amide bonds. The maximum absolute atomic E-state index is 12.1. The Hall–Kier alpha value is -2.04. The molecule has 0 aromatic heterocycles. The Balaban J connectivity index is 2.23. The summed E-state index contributed by atoms with van der Waals surface area (Å²) in [5.41, 5.74) is 0.480. The van der Waals surface area contributed by atoms with Gasteiger partial charge >= 0.3 is 5.97 Å². The molecule has 0 saturated heterocycles. The van der Waals surface area contributed by atoms with Crippen molar-refractivity contribution in [1.29, 1.82) is 0 Å². The van der Waals surface area contributed by atoms with Gasteiger partial charge in [-0.1, -0.05) is 12.1 Å². The van der Waals surface area contributed by atoms with Crippen LogP contribution in [0.15, 0.2) is 24.3 Å². The second kappa shape index (κ2) is 4.86. The Bertz CT molecular complexity index is 444. The van der Waals surface area contributed by atoms with E-state index in [1.165, 1.54) is 12.0 Å². The number of benzene rings is 1. The minimum absolute atomic E-state index is 0.0486. The molecule has 0 radical (unpaired) electrons. The summed E-state index contributed by atoms with van der Waals surface area (Å²) in [7, 11) is 1.30. The van der Waals surface area contributed by atoms with Crippen molar-refractivity contribution in [1.82, 2.24) is 4.90 Å². The number of carbonyl (C=O) groups excluding carboxylic acids is 2. The Morgan fingerprint density at radius 2 is 2.24 bits per heavy atom. The molecule has 0 saturated carbocycles. The van der Waals surface area contributed by atoms with E-state index in [2.05, 4.69) is 4.74 Å². The summed E-state index contributed by atoms with van der Waals surface area (Å²) in [6.45, 7) is 0.704. The van der Waals surface area contributed by atoms with E-state index in [0.29, 0.717) is 24.5 Å². The van der Waals surface area contributed by atoms with E-state index in [1.54, 1.807) is 18.2 Å². The Morgan fingerprint density at radius 3 is 3.00 bits per heavy atom. The van der Waals surface area contributed by atoms with Crippen molar-refractivity contribution in [2.75, 3.05) is 26.8 Å². The molecule has 1 aromatic carbocycles. The molecule has 0 fully saturated rings. The normalized spacial score (nSPS) is 14.6. The van der Waals surface area contributed by atoms with Gasteiger partial charge in [0.05, 0.1) is 19.2 Å². The standard InChI is InChI=1S/C12H13NO4/c1-16-11(14)8-13-6-7-17-10-5-3-2-4-9(10)12(13)15/h2-5H,6-8H2,1H3. The summed E-state index contributed by atoms with van der Waals surface area (Å²) in [6, 6.07) is 7.01. The number of carbonyl (C=O) groups is 2. The Labute approximate surface area is 98.9 Å². The van der Waals surface area contributed by atoms with Gasteiger partial charge in [-0.3, -0.25) is 9.59 Å². The van der Waals surface area contributed by atoms with Crippen LogP contribution in [0.2, 0.25) is 0 Å². The highest BCUT2D eigenvalue weighted by Gasteiger charge is 2.24. The van der Waals surface area contributed by atoms with Crippen LogP contribution in [0.5, 0.6) is 5.75 Å².